The summed E-state index contributed by atoms with van der Waals surface area (Å²) < 4.78 is 19.0. The Morgan fingerprint density at radius 3 is 2.35 bits per heavy atom. The van der Waals surface area contributed by atoms with Crippen LogP contribution in [0.25, 0.3) is 0 Å². The van der Waals surface area contributed by atoms with Crippen LogP contribution in [0.3, 0.4) is 0 Å². The Hall–Kier alpha value is -1.71. The lowest BCUT2D eigenvalue weighted by molar-refractivity contribution is -0.161. The van der Waals surface area contributed by atoms with Gasteiger partial charge in [0.25, 0.3) is 5.67 Å². The Labute approximate surface area is 99.6 Å². The Bertz CT molecular complexity index is 402. The number of esters is 1. The molecule has 1 aromatic rings. The summed E-state index contributed by atoms with van der Waals surface area (Å²) in [6.45, 7) is 2.67. The maximum Gasteiger partial charge on any atom is 0.352 e. The third-order valence-electron chi connectivity index (χ3n) is 2.45. The van der Waals surface area contributed by atoms with Crippen LogP contribution in [0.2, 0.25) is 0 Å². The molecule has 1 rings (SSSR count). The van der Waals surface area contributed by atoms with Crippen LogP contribution in [0.5, 0.6) is 0 Å². The van der Waals surface area contributed by atoms with Gasteiger partial charge in [-0.15, -0.1) is 0 Å². The van der Waals surface area contributed by atoms with Crippen LogP contribution in [0.4, 0.5) is 4.39 Å². The molecule has 0 N–H and O–H groups in total. The molecule has 3 nitrogen and oxygen atoms in total. The molecule has 0 saturated carbocycles. The van der Waals surface area contributed by atoms with Crippen LogP contribution in [0.15, 0.2) is 30.3 Å². The molecule has 92 valence electrons. The van der Waals surface area contributed by atoms with Crippen LogP contribution in [-0.2, 0) is 20.7 Å². The predicted octanol–water partition coefficient (Wildman–Crippen LogP) is 2.09. The smallest absolute Gasteiger partial charge is 0.352 e. The fraction of sp³-hybridized carbons (Fsp3) is 0.385. The normalized spacial score (nSPS) is 13.8. The molecule has 0 aliphatic rings. The fourth-order valence-electron chi connectivity index (χ4n) is 1.46. The summed E-state index contributed by atoms with van der Waals surface area (Å²) in [5.41, 5.74) is -2.00. The minimum absolute atomic E-state index is 0.0482. The number of hydrogen-bond donors (Lipinski definition) is 0. The van der Waals surface area contributed by atoms with Crippen LogP contribution in [0.1, 0.15) is 19.4 Å². The molecule has 0 aromatic heterocycles. The van der Waals surface area contributed by atoms with Crippen molar-refractivity contribution in [1.82, 2.24) is 0 Å². The molecule has 0 aliphatic carbocycles. The first-order valence-electron chi connectivity index (χ1n) is 5.41. The highest BCUT2D eigenvalue weighted by molar-refractivity contribution is 6.06. The van der Waals surface area contributed by atoms with E-state index in [0.717, 1.165) is 6.92 Å². The van der Waals surface area contributed by atoms with Crippen LogP contribution in [0, 0.1) is 0 Å². The van der Waals surface area contributed by atoms with Gasteiger partial charge in [0.15, 0.2) is 5.78 Å². The fourth-order valence-corrected chi connectivity index (χ4v) is 1.46. The standard InChI is InChI=1S/C13H15FO3/c1-3-17-12(16)13(14,10(2)15)9-11-7-5-4-6-8-11/h4-8H,3,9H2,1-2H3/t13-/m1/s1. The number of carbonyl (C=O) groups excluding carboxylic acids is 2. The van der Waals surface area contributed by atoms with Crippen molar-refractivity contribution in [2.75, 3.05) is 6.61 Å². The van der Waals surface area contributed by atoms with E-state index in [1.54, 1.807) is 37.3 Å². The number of ketones is 1. The van der Waals surface area contributed by atoms with Crippen LogP contribution < -0.4 is 0 Å². The zero-order chi connectivity index (χ0) is 12.9. The largest absolute Gasteiger partial charge is 0.463 e. The van der Waals surface area contributed by atoms with E-state index in [9.17, 15) is 14.0 Å². The van der Waals surface area contributed by atoms with E-state index in [4.69, 9.17) is 0 Å². The van der Waals surface area contributed by atoms with E-state index in [1.807, 2.05) is 0 Å². The van der Waals surface area contributed by atoms with E-state index in [-0.39, 0.29) is 13.0 Å². The predicted molar refractivity (Wildman–Crippen MR) is 61.3 cm³/mol. The van der Waals surface area contributed by atoms with Crippen molar-refractivity contribution in [3.05, 3.63) is 35.9 Å². The second-order valence-corrected chi connectivity index (χ2v) is 3.74. The van der Waals surface area contributed by atoms with Gasteiger partial charge in [0.05, 0.1) is 6.61 Å². The van der Waals surface area contributed by atoms with E-state index in [1.165, 1.54) is 0 Å². The van der Waals surface area contributed by atoms with Crippen molar-refractivity contribution in [2.24, 2.45) is 0 Å². The number of halogens is 1. The highest BCUT2D eigenvalue weighted by atomic mass is 19.1. The SMILES string of the molecule is CCOC(=O)[C@@](F)(Cc1ccccc1)C(C)=O. The van der Waals surface area contributed by atoms with Gasteiger partial charge in [-0.1, -0.05) is 30.3 Å². The van der Waals surface area contributed by atoms with Crippen molar-refractivity contribution in [3.63, 3.8) is 0 Å². The van der Waals surface area contributed by atoms with Gasteiger partial charge in [0.2, 0.25) is 0 Å². The monoisotopic (exact) mass is 238 g/mol. The quantitative estimate of drug-likeness (QED) is 0.582. The minimum atomic E-state index is -2.59. The molecule has 0 fully saturated rings. The highest BCUT2D eigenvalue weighted by Gasteiger charge is 2.45. The van der Waals surface area contributed by atoms with Gasteiger partial charge >= 0.3 is 5.97 Å². The summed E-state index contributed by atoms with van der Waals surface area (Å²) in [4.78, 5) is 22.8. The first-order valence-corrected chi connectivity index (χ1v) is 5.41. The minimum Gasteiger partial charge on any atom is -0.463 e. The van der Waals surface area contributed by atoms with E-state index in [0.29, 0.717) is 5.56 Å². The Balaban J connectivity index is 2.93. The van der Waals surface area contributed by atoms with Crippen molar-refractivity contribution in [1.29, 1.82) is 0 Å². The Kier molecular flexibility index (Phi) is 4.37. The number of carbonyl (C=O) groups is 2. The van der Waals surface area contributed by atoms with Crippen LogP contribution in [-0.4, -0.2) is 24.0 Å². The Morgan fingerprint density at radius 1 is 1.29 bits per heavy atom. The molecule has 17 heavy (non-hydrogen) atoms. The zero-order valence-electron chi connectivity index (χ0n) is 9.90. The second kappa shape index (κ2) is 5.57. The first-order chi connectivity index (χ1) is 8.00. The summed E-state index contributed by atoms with van der Waals surface area (Å²) >= 11 is 0. The van der Waals surface area contributed by atoms with Gasteiger partial charge in [-0.05, 0) is 19.4 Å². The summed E-state index contributed by atoms with van der Waals surface area (Å²) in [6.07, 6.45) is -0.290. The third-order valence-corrected chi connectivity index (χ3v) is 2.45. The van der Waals surface area contributed by atoms with Crippen molar-refractivity contribution < 1.29 is 18.7 Å². The Morgan fingerprint density at radius 2 is 1.88 bits per heavy atom. The van der Waals surface area contributed by atoms with E-state index >= 15 is 0 Å². The molecule has 1 aromatic carbocycles. The number of benzene rings is 1. The topological polar surface area (TPSA) is 43.4 Å². The summed E-state index contributed by atoms with van der Waals surface area (Å²) in [7, 11) is 0. The van der Waals surface area contributed by atoms with Gasteiger partial charge in [-0.25, -0.2) is 9.18 Å². The molecule has 0 radical (unpaired) electrons. The van der Waals surface area contributed by atoms with Gasteiger partial charge in [0.1, 0.15) is 0 Å². The van der Waals surface area contributed by atoms with Gasteiger partial charge in [-0.2, -0.15) is 0 Å². The lowest BCUT2D eigenvalue weighted by atomic mass is 9.93. The number of alkyl halides is 1. The molecule has 1 atom stereocenters. The lowest BCUT2D eigenvalue weighted by Crippen LogP contribution is -2.44. The highest BCUT2D eigenvalue weighted by Crippen LogP contribution is 2.21. The van der Waals surface area contributed by atoms with Crippen molar-refractivity contribution in [2.45, 2.75) is 25.9 Å². The molecule has 0 heterocycles. The molecule has 0 amide bonds. The second-order valence-electron chi connectivity index (χ2n) is 3.74. The lowest BCUT2D eigenvalue weighted by Gasteiger charge is -2.20. The molecule has 0 aliphatic heterocycles. The molecular formula is C13H15FO3. The third kappa shape index (κ3) is 3.12. The number of hydrogen-bond acceptors (Lipinski definition) is 3. The van der Waals surface area contributed by atoms with Crippen molar-refractivity contribution >= 4 is 11.8 Å². The summed E-state index contributed by atoms with van der Waals surface area (Å²) in [5, 5.41) is 0. The zero-order valence-corrected chi connectivity index (χ0v) is 9.90. The summed E-state index contributed by atoms with van der Waals surface area (Å²) in [5.74, 6) is -1.95. The molecular weight excluding hydrogens is 223 g/mol. The van der Waals surface area contributed by atoms with E-state index in [2.05, 4.69) is 4.74 Å². The molecule has 0 bridgehead atoms. The average molecular weight is 238 g/mol. The molecule has 0 saturated heterocycles. The van der Waals surface area contributed by atoms with Crippen molar-refractivity contribution in [3.8, 4) is 0 Å². The van der Waals surface area contributed by atoms with Crippen LogP contribution >= 0.6 is 0 Å². The number of rotatable bonds is 5. The van der Waals surface area contributed by atoms with E-state index < -0.39 is 17.4 Å². The molecule has 4 heteroatoms. The average Bonchev–Trinajstić information content (AvgIpc) is 2.30. The van der Waals surface area contributed by atoms with Gasteiger partial charge in [-0.3, -0.25) is 4.79 Å². The maximum atomic E-state index is 14.4. The summed E-state index contributed by atoms with van der Waals surface area (Å²) in [6, 6.07) is 8.55. The van der Waals surface area contributed by atoms with Gasteiger partial charge < -0.3 is 4.74 Å². The maximum absolute atomic E-state index is 14.4. The molecule has 0 spiro atoms. The first kappa shape index (κ1) is 13.4. The molecule has 0 unspecified atom stereocenters. The number of ether oxygens (including phenoxy) is 1. The number of Topliss-reactive ketones (excluding diaryl/α,β-unsaturated/α-hetero) is 1. The van der Waals surface area contributed by atoms with Gasteiger partial charge in [0, 0.05) is 6.42 Å².